The molecule has 1 amide bonds. The highest BCUT2D eigenvalue weighted by atomic mass is 16.6. The molecule has 13 atom stereocenters. The Labute approximate surface area is 314 Å². The molecule has 53 heavy (non-hydrogen) atoms. The molecule has 12 nitrogen and oxygen atoms in total. The summed E-state index contributed by atoms with van der Waals surface area (Å²) < 4.78 is 17.1. The average molecular weight is 739 g/mol. The number of aromatic nitrogens is 3. The van der Waals surface area contributed by atoms with Gasteiger partial charge in [-0.15, -0.1) is 5.10 Å². The molecule has 5 aliphatic carbocycles. The van der Waals surface area contributed by atoms with Crippen LogP contribution in [0.3, 0.4) is 0 Å². The number of hydrogen-bond donors (Lipinski definition) is 4. The Bertz CT molecular complexity index is 1670. The van der Waals surface area contributed by atoms with Gasteiger partial charge in [0.1, 0.15) is 11.8 Å². The number of methoxy groups -OCH3 is 2. The van der Waals surface area contributed by atoms with Gasteiger partial charge in [-0.3, -0.25) is 4.79 Å². The Kier molecular flexibility index (Phi) is 9.45. The fourth-order valence-corrected chi connectivity index (χ4v) is 13.8. The Morgan fingerprint density at radius 3 is 2.43 bits per heavy atom. The monoisotopic (exact) mass is 738 g/mol. The first-order valence-corrected chi connectivity index (χ1v) is 19.8. The van der Waals surface area contributed by atoms with Crippen molar-refractivity contribution in [2.75, 3.05) is 14.2 Å². The van der Waals surface area contributed by atoms with Crippen LogP contribution >= 0.6 is 0 Å². The Balaban J connectivity index is 1.11. The summed E-state index contributed by atoms with van der Waals surface area (Å²) in [6.07, 6.45) is 6.51. The molecular formula is C41H62N4O8. The van der Waals surface area contributed by atoms with Gasteiger partial charge in [-0.25, -0.2) is 9.48 Å². The number of carbonyl (C=O) groups excluding carboxylic acids is 2. The third-order valence-electron chi connectivity index (χ3n) is 16.6. The number of cyclic esters (lactones) is 1. The highest BCUT2D eigenvalue weighted by Crippen LogP contribution is 2.77. The van der Waals surface area contributed by atoms with Gasteiger partial charge < -0.3 is 34.8 Å². The summed E-state index contributed by atoms with van der Waals surface area (Å²) >= 11 is 0. The summed E-state index contributed by atoms with van der Waals surface area (Å²) in [5, 5.41) is 46.0. The van der Waals surface area contributed by atoms with Gasteiger partial charge in [0.2, 0.25) is 11.7 Å². The Morgan fingerprint density at radius 1 is 1.02 bits per heavy atom. The molecule has 5 saturated carbocycles. The zero-order valence-corrected chi connectivity index (χ0v) is 33.0. The third-order valence-corrected chi connectivity index (χ3v) is 16.6. The quantitative estimate of drug-likeness (QED) is 0.207. The standard InChI is InChI=1S/C41H62N4O8/c1-22(2)24-12-17-41(36(50)42-19-23-20-45(44-43-23)21-26(46)32-33(51-8)34(52-9)35(49)53-32)30(48)18-40(7)25(31(24)41)10-11-28-38(5)15-14-29(47)37(3,4)27(38)13-16-39(28,40)6/h20,24-32,46-48H,1,10-19,21H2,2-9H3,(H,42,50)/t24-,25+,26-,27-,28+,29-,30+,31+,32+,38-,39+,40+,41-/m0/s1. The lowest BCUT2D eigenvalue weighted by Crippen LogP contribution is -2.69. The molecule has 6 aliphatic rings. The van der Waals surface area contributed by atoms with Gasteiger partial charge in [-0.2, -0.15) is 0 Å². The summed E-state index contributed by atoms with van der Waals surface area (Å²) in [6, 6.07) is 0. The zero-order valence-electron chi connectivity index (χ0n) is 33.0. The highest BCUT2D eigenvalue weighted by molar-refractivity contribution is 5.89. The fraction of sp³-hybridized carbons (Fsp3) is 0.805. The maximum atomic E-state index is 14.7. The number of nitrogens with one attached hydrogen (secondary N) is 1. The van der Waals surface area contributed by atoms with Gasteiger partial charge in [0.15, 0.2) is 11.9 Å². The first kappa shape index (κ1) is 38.3. The minimum absolute atomic E-state index is 0.00377. The van der Waals surface area contributed by atoms with Gasteiger partial charge in [0.25, 0.3) is 0 Å². The molecule has 12 heteroatoms. The number of ether oxygens (including phenoxy) is 3. The number of hydrogen-bond acceptors (Lipinski definition) is 10. The third kappa shape index (κ3) is 5.38. The summed E-state index contributed by atoms with van der Waals surface area (Å²) in [5.41, 5.74) is 0.489. The van der Waals surface area contributed by atoms with Gasteiger partial charge in [0, 0.05) is 0 Å². The van der Waals surface area contributed by atoms with Crippen LogP contribution in [0, 0.1) is 56.7 Å². The average Bonchev–Trinajstić information content (AvgIpc) is 3.81. The van der Waals surface area contributed by atoms with Crippen LogP contribution in [0.1, 0.15) is 105 Å². The lowest BCUT2D eigenvalue weighted by molar-refractivity contribution is -0.260. The van der Waals surface area contributed by atoms with Crippen molar-refractivity contribution < 1.29 is 39.1 Å². The Hall–Kier alpha value is -2.96. The van der Waals surface area contributed by atoms with Gasteiger partial charge in [0.05, 0.1) is 51.1 Å². The second kappa shape index (κ2) is 13.1. The van der Waals surface area contributed by atoms with E-state index in [1.807, 2.05) is 0 Å². The molecule has 0 unspecified atom stereocenters. The van der Waals surface area contributed by atoms with E-state index in [1.54, 1.807) is 6.20 Å². The molecule has 0 spiro atoms. The van der Waals surface area contributed by atoms with Crippen molar-refractivity contribution in [1.29, 1.82) is 0 Å². The Morgan fingerprint density at radius 2 is 1.75 bits per heavy atom. The van der Waals surface area contributed by atoms with Gasteiger partial charge in [-0.1, -0.05) is 52.0 Å². The van der Waals surface area contributed by atoms with Crippen LogP contribution in [0.15, 0.2) is 29.9 Å². The minimum atomic E-state index is -1.18. The zero-order chi connectivity index (χ0) is 38.5. The van der Waals surface area contributed by atoms with Gasteiger partial charge >= 0.3 is 5.97 Å². The maximum absolute atomic E-state index is 14.7. The first-order valence-electron chi connectivity index (χ1n) is 19.8. The summed E-state index contributed by atoms with van der Waals surface area (Å²) in [5.74, 6) is 0.504. The van der Waals surface area contributed by atoms with E-state index in [9.17, 15) is 24.9 Å². The summed E-state index contributed by atoms with van der Waals surface area (Å²) in [4.78, 5) is 26.8. The summed E-state index contributed by atoms with van der Waals surface area (Å²) in [7, 11) is 2.71. The first-order chi connectivity index (χ1) is 24.9. The topological polar surface area (TPSA) is 165 Å². The van der Waals surface area contributed by atoms with E-state index < -0.39 is 29.7 Å². The van der Waals surface area contributed by atoms with E-state index in [4.69, 9.17) is 14.2 Å². The molecule has 5 fully saturated rings. The molecule has 1 aliphatic heterocycles. The maximum Gasteiger partial charge on any atom is 0.378 e. The highest BCUT2D eigenvalue weighted by Gasteiger charge is 2.74. The lowest BCUT2D eigenvalue weighted by Gasteiger charge is -2.73. The molecule has 7 rings (SSSR count). The minimum Gasteiger partial charge on any atom is -0.493 e. The lowest BCUT2D eigenvalue weighted by atomic mass is 9.32. The van der Waals surface area contributed by atoms with Crippen molar-refractivity contribution >= 4 is 11.9 Å². The van der Waals surface area contributed by atoms with E-state index >= 15 is 0 Å². The second-order valence-corrected chi connectivity index (χ2v) is 18.9. The molecule has 0 saturated heterocycles. The van der Waals surface area contributed by atoms with Crippen LogP contribution in [-0.2, 0) is 36.9 Å². The number of allylic oxidation sites excluding steroid dienone is 1. The molecular weight excluding hydrogens is 676 g/mol. The molecule has 0 bridgehead atoms. The van der Waals surface area contributed by atoms with Crippen LogP contribution in [-0.4, -0.2) is 80.8 Å². The van der Waals surface area contributed by atoms with Crippen LogP contribution in [0.4, 0.5) is 0 Å². The predicted molar refractivity (Wildman–Crippen MR) is 195 cm³/mol. The number of aliphatic hydroxyl groups is 3. The molecule has 0 radical (unpaired) electrons. The number of nitrogens with zero attached hydrogens (tertiary/aromatic N) is 3. The number of carbonyl (C=O) groups is 2. The molecule has 1 aromatic rings. The van der Waals surface area contributed by atoms with E-state index in [1.165, 1.54) is 18.9 Å². The second-order valence-electron chi connectivity index (χ2n) is 18.9. The number of rotatable bonds is 9. The number of aliphatic hydroxyl groups excluding tert-OH is 3. The van der Waals surface area contributed by atoms with Crippen LogP contribution in [0.5, 0.6) is 0 Å². The van der Waals surface area contributed by atoms with E-state index in [-0.39, 0.29) is 76.0 Å². The molecule has 0 aromatic carbocycles. The van der Waals surface area contributed by atoms with Crippen molar-refractivity contribution in [1.82, 2.24) is 20.3 Å². The van der Waals surface area contributed by atoms with E-state index in [2.05, 4.69) is 63.8 Å². The summed E-state index contributed by atoms with van der Waals surface area (Å²) in [6.45, 7) is 18.6. The largest absolute Gasteiger partial charge is 0.493 e. The van der Waals surface area contributed by atoms with Crippen molar-refractivity contribution in [2.24, 2.45) is 56.7 Å². The molecule has 1 aromatic heterocycles. The predicted octanol–water partition coefficient (Wildman–Crippen LogP) is 4.67. The molecule has 294 valence electrons. The number of amides is 1. The van der Waals surface area contributed by atoms with Crippen molar-refractivity contribution in [3.05, 3.63) is 35.6 Å². The van der Waals surface area contributed by atoms with Crippen molar-refractivity contribution in [3.63, 3.8) is 0 Å². The van der Waals surface area contributed by atoms with Crippen molar-refractivity contribution in [2.45, 2.75) is 137 Å². The van der Waals surface area contributed by atoms with Crippen LogP contribution in [0.25, 0.3) is 0 Å². The molecule has 2 heterocycles. The molecule has 4 N–H and O–H groups in total. The van der Waals surface area contributed by atoms with Crippen molar-refractivity contribution in [3.8, 4) is 0 Å². The van der Waals surface area contributed by atoms with Gasteiger partial charge in [-0.05, 0) is 116 Å². The van der Waals surface area contributed by atoms with E-state index in [0.717, 1.165) is 50.5 Å². The smallest absolute Gasteiger partial charge is 0.378 e. The van der Waals surface area contributed by atoms with Crippen LogP contribution in [0.2, 0.25) is 0 Å². The normalized spacial score (nSPS) is 43.5. The number of fused-ring (bicyclic) bond motifs is 7. The SMILES string of the molecule is C=C(C)[C@@H]1CC[C@@]2(C(=O)NCc3cn(C[C@H](O)[C@H]4OC(=O)C(OC)=C4OC)nn3)[C@H]1[C@H]1CC[C@@H]3[C@@]4(C)CC[C@H](O)C(C)(C)[C@@H]4CC[C@@]3(C)[C@]1(C)C[C@H]2O. The van der Waals surface area contributed by atoms with Crippen LogP contribution < -0.4 is 5.32 Å². The fourth-order valence-electron chi connectivity index (χ4n) is 13.8. The van der Waals surface area contributed by atoms with E-state index in [0.29, 0.717) is 30.4 Å². The number of esters is 1.